The van der Waals surface area contributed by atoms with Gasteiger partial charge in [-0.15, -0.1) is 0 Å². The summed E-state index contributed by atoms with van der Waals surface area (Å²) < 4.78 is 10.5. The normalized spacial score (nSPS) is 10.1. The number of ether oxygens (including phenoxy) is 2. The SMILES string of the molecule is CCOC(=O)CN(C)C(=O)c1ccc(COc2ccccc2)cc1. The van der Waals surface area contributed by atoms with E-state index < -0.39 is 5.97 Å². The molecule has 0 unspecified atom stereocenters. The summed E-state index contributed by atoms with van der Waals surface area (Å²) in [7, 11) is 1.58. The number of amides is 1. The van der Waals surface area contributed by atoms with Crippen LogP contribution in [0.2, 0.25) is 0 Å². The molecular formula is C19H21NO4. The molecule has 0 N–H and O–H groups in total. The predicted octanol–water partition coefficient (Wildman–Crippen LogP) is 2.90. The summed E-state index contributed by atoms with van der Waals surface area (Å²) in [4.78, 5) is 25.0. The van der Waals surface area contributed by atoms with Crippen LogP contribution in [0.1, 0.15) is 22.8 Å². The van der Waals surface area contributed by atoms with Crippen LogP contribution in [0.15, 0.2) is 54.6 Å². The van der Waals surface area contributed by atoms with Gasteiger partial charge in [0.05, 0.1) is 6.61 Å². The van der Waals surface area contributed by atoms with E-state index in [9.17, 15) is 9.59 Å². The van der Waals surface area contributed by atoms with Crippen LogP contribution in [-0.2, 0) is 16.1 Å². The Labute approximate surface area is 141 Å². The highest BCUT2D eigenvalue weighted by Gasteiger charge is 2.15. The van der Waals surface area contributed by atoms with E-state index in [1.807, 2.05) is 42.5 Å². The molecule has 0 atom stereocenters. The van der Waals surface area contributed by atoms with Crippen molar-refractivity contribution in [3.8, 4) is 5.75 Å². The van der Waals surface area contributed by atoms with Crippen molar-refractivity contribution in [3.63, 3.8) is 0 Å². The number of likely N-dealkylation sites (N-methyl/N-ethyl adjacent to an activating group) is 1. The standard InChI is InChI=1S/C19H21NO4/c1-3-23-18(21)13-20(2)19(22)16-11-9-15(10-12-16)14-24-17-7-5-4-6-8-17/h4-12H,3,13-14H2,1-2H3. The van der Waals surface area contributed by atoms with Gasteiger partial charge in [-0.3, -0.25) is 9.59 Å². The van der Waals surface area contributed by atoms with E-state index in [0.29, 0.717) is 18.8 Å². The third kappa shape index (κ3) is 5.12. The number of esters is 1. The Kier molecular flexibility index (Phi) is 6.37. The lowest BCUT2D eigenvalue weighted by Crippen LogP contribution is -2.33. The lowest BCUT2D eigenvalue weighted by molar-refractivity contribution is -0.143. The van der Waals surface area contributed by atoms with Crippen molar-refractivity contribution >= 4 is 11.9 Å². The van der Waals surface area contributed by atoms with Crippen molar-refractivity contribution < 1.29 is 19.1 Å². The summed E-state index contributed by atoms with van der Waals surface area (Å²) in [6.45, 7) is 2.40. The minimum atomic E-state index is -0.416. The van der Waals surface area contributed by atoms with Gasteiger partial charge < -0.3 is 14.4 Å². The molecule has 0 saturated heterocycles. The molecule has 0 saturated carbocycles. The maximum atomic E-state index is 12.3. The van der Waals surface area contributed by atoms with Gasteiger partial charge in [0.15, 0.2) is 0 Å². The maximum Gasteiger partial charge on any atom is 0.325 e. The summed E-state index contributed by atoms with van der Waals surface area (Å²) in [5.41, 5.74) is 1.48. The Bertz CT molecular complexity index is 668. The molecule has 5 heteroatoms. The van der Waals surface area contributed by atoms with Gasteiger partial charge in [0.2, 0.25) is 0 Å². The van der Waals surface area contributed by atoms with Crippen molar-refractivity contribution in [2.24, 2.45) is 0 Å². The zero-order valence-electron chi connectivity index (χ0n) is 13.9. The second-order valence-electron chi connectivity index (χ2n) is 5.26. The molecule has 0 fully saturated rings. The van der Waals surface area contributed by atoms with Crippen LogP contribution in [0.5, 0.6) is 5.75 Å². The van der Waals surface area contributed by atoms with Gasteiger partial charge in [0, 0.05) is 12.6 Å². The first-order valence-corrected chi connectivity index (χ1v) is 7.78. The van der Waals surface area contributed by atoms with Crippen molar-refractivity contribution in [1.82, 2.24) is 4.90 Å². The fourth-order valence-corrected chi connectivity index (χ4v) is 2.12. The van der Waals surface area contributed by atoms with Gasteiger partial charge in [-0.2, -0.15) is 0 Å². The first-order valence-electron chi connectivity index (χ1n) is 7.78. The maximum absolute atomic E-state index is 12.3. The number of para-hydroxylation sites is 1. The molecule has 0 heterocycles. The highest BCUT2D eigenvalue weighted by Crippen LogP contribution is 2.13. The third-order valence-electron chi connectivity index (χ3n) is 3.37. The molecular weight excluding hydrogens is 306 g/mol. The summed E-state index contributed by atoms with van der Waals surface area (Å²) in [5.74, 6) is 0.159. The molecule has 0 aliphatic heterocycles. The van der Waals surface area contributed by atoms with E-state index in [4.69, 9.17) is 9.47 Å². The fraction of sp³-hybridized carbons (Fsp3) is 0.263. The summed E-state index contributed by atoms with van der Waals surface area (Å²) in [6.07, 6.45) is 0. The number of carbonyl (C=O) groups is 2. The molecule has 2 rings (SSSR count). The van der Waals surface area contributed by atoms with Gasteiger partial charge in [0.25, 0.3) is 5.91 Å². The van der Waals surface area contributed by atoms with E-state index in [1.54, 1.807) is 26.1 Å². The zero-order valence-corrected chi connectivity index (χ0v) is 13.9. The van der Waals surface area contributed by atoms with Gasteiger partial charge in [-0.1, -0.05) is 30.3 Å². The molecule has 2 aromatic carbocycles. The molecule has 0 aliphatic rings. The number of carbonyl (C=O) groups excluding carboxylic acids is 2. The summed E-state index contributed by atoms with van der Waals surface area (Å²) in [5, 5.41) is 0. The van der Waals surface area contributed by atoms with Crippen LogP contribution in [0, 0.1) is 0 Å². The average molecular weight is 327 g/mol. The Morgan fingerprint density at radius 2 is 1.67 bits per heavy atom. The van der Waals surface area contributed by atoms with Crippen LogP contribution >= 0.6 is 0 Å². The van der Waals surface area contributed by atoms with Crippen LogP contribution in [0.4, 0.5) is 0 Å². The molecule has 24 heavy (non-hydrogen) atoms. The number of hydrogen-bond acceptors (Lipinski definition) is 4. The van der Waals surface area contributed by atoms with Crippen LogP contribution < -0.4 is 4.74 Å². The average Bonchev–Trinajstić information content (AvgIpc) is 2.61. The van der Waals surface area contributed by atoms with E-state index in [0.717, 1.165) is 11.3 Å². The quantitative estimate of drug-likeness (QED) is 0.734. The van der Waals surface area contributed by atoms with Crippen LogP contribution in [0.25, 0.3) is 0 Å². The Hall–Kier alpha value is -2.82. The van der Waals surface area contributed by atoms with Crippen molar-refractivity contribution in [3.05, 3.63) is 65.7 Å². The first-order chi connectivity index (χ1) is 11.6. The van der Waals surface area contributed by atoms with Crippen molar-refractivity contribution in [2.45, 2.75) is 13.5 Å². The smallest absolute Gasteiger partial charge is 0.325 e. The summed E-state index contributed by atoms with van der Waals surface area (Å²) >= 11 is 0. The van der Waals surface area contributed by atoms with Gasteiger partial charge in [-0.05, 0) is 36.8 Å². The van der Waals surface area contributed by atoms with Gasteiger partial charge in [0.1, 0.15) is 18.9 Å². The van der Waals surface area contributed by atoms with E-state index in [1.165, 1.54) is 4.90 Å². The van der Waals surface area contributed by atoms with E-state index in [2.05, 4.69) is 0 Å². The zero-order chi connectivity index (χ0) is 17.4. The largest absolute Gasteiger partial charge is 0.489 e. The Morgan fingerprint density at radius 3 is 2.29 bits per heavy atom. The van der Waals surface area contributed by atoms with Crippen LogP contribution in [0.3, 0.4) is 0 Å². The molecule has 1 amide bonds. The number of benzene rings is 2. The Morgan fingerprint density at radius 1 is 1.00 bits per heavy atom. The van der Waals surface area contributed by atoms with Crippen molar-refractivity contribution in [1.29, 1.82) is 0 Å². The highest BCUT2D eigenvalue weighted by molar-refractivity contribution is 5.95. The molecule has 2 aromatic rings. The lowest BCUT2D eigenvalue weighted by atomic mass is 10.1. The molecule has 0 aliphatic carbocycles. The molecule has 0 radical (unpaired) electrons. The fourth-order valence-electron chi connectivity index (χ4n) is 2.12. The highest BCUT2D eigenvalue weighted by atomic mass is 16.5. The van der Waals surface area contributed by atoms with Crippen molar-refractivity contribution in [2.75, 3.05) is 20.2 Å². The molecule has 0 bridgehead atoms. The third-order valence-corrected chi connectivity index (χ3v) is 3.37. The molecule has 5 nitrogen and oxygen atoms in total. The minimum absolute atomic E-state index is 0.0639. The first kappa shape index (κ1) is 17.5. The topological polar surface area (TPSA) is 55.8 Å². The van der Waals surface area contributed by atoms with E-state index >= 15 is 0 Å². The van der Waals surface area contributed by atoms with Crippen LogP contribution in [-0.4, -0.2) is 37.0 Å². The van der Waals surface area contributed by atoms with Gasteiger partial charge in [-0.25, -0.2) is 0 Å². The number of rotatable bonds is 7. The number of hydrogen-bond donors (Lipinski definition) is 0. The second-order valence-corrected chi connectivity index (χ2v) is 5.26. The molecule has 0 aromatic heterocycles. The van der Waals surface area contributed by atoms with Gasteiger partial charge >= 0.3 is 5.97 Å². The van der Waals surface area contributed by atoms with E-state index in [-0.39, 0.29) is 12.5 Å². The predicted molar refractivity (Wildman–Crippen MR) is 90.8 cm³/mol. The second kappa shape index (κ2) is 8.72. The number of nitrogens with zero attached hydrogens (tertiary/aromatic N) is 1. The molecule has 0 spiro atoms. The lowest BCUT2D eigenvalue weighted by Gasteiger charge is -2.16. The molecule has 126 valence electrons. The Balaban J connectivity index is 1.91. The monoisotopic (exact) mass is 327 g/mol. The minimum Gasteiger partial charge on any atom is -0.489 e. The summed E-state index contributed by atoms with van der Waals surface area (Å²) in [6, 6.07) is 16.7.